The van der Waals surface area contributed by atoms with Gasteiger partial charge < -0.3 is 20.3 Å². The lowest BCUT2D eigenvalue weighted by Crippen LogP contribution is -2.47. The molecule has 2 saturated heterocycles. The van der Waals surface area contributed by atoms with E-state index in [1.807, 2.05) is 59.6 Å². The number of hydrogen-bond donors (Lipinski definition) is 3. The average Bonchev–Trinajstić information content (AvgIpc) is 3.56. The molecule has 7 heteroatoms. The van der Waals surface area contributed by atoms with E-state index in [2.05, 4.69) is 15.2 Å². The monoisotopic (exact) mass is 474 g/mol. The van der Waals surface area contributed by atoms with E-state index in [0.717, 1.165) is 55.2 Å². The summed E-state index contributed by atoms with van der Waals surface area (Å²) in [4.78, 5) is 34.3. The van der Waals surface area contributed by atoms with Crippen LogP contribution in [0.4, 0.5) is 0 Å². The fraction of sp³-hybridized carbons (Fsp3) is 0.429. The molecule has 2 aliphatic rings. The van der Waals surface area contributed by atoms with Gasteiger partial charge in [-0.1, -0.05) is 36.4 Å². The van der Waals surface area contributed by atoms with Crippen LogP contribution in [0, 0.1) is 5.92 Å². The SMILES string of the molecule is O=C(N[C@@H](C(=O)N1CCC(CN2CCC[C@@H]2CO)CC1)c1ccccc1)c1ccc2cc[nH]c2c1. The summed E-state index contributed by atoms with van der Waals surface area (Å²) in [7, 11) is 0. The minimum Gasteiger partial charge on any atom is -0.395 e. The summed E-state index contributed by atoms with van der Waals surface area (Å²) >= 11 is 0. The molecule has 0 saturated carbocycles. The summed E-state index contributed by atoms with van der Waals surface area (Å²) in [5.41, 5.74) is 2.21. The Kier molecular flexibility index (Phi) is 7.16. The number of aromatic amines is 1. The van der Waals surface area contributed by atoms with Gasteiger partial charge in [0.1, 0.15) is 6.04 Å². The molecule has 2 atom stereocenters. The van der Waals surface area contributed by atoms with Gasteiger partial charge in [0, 0.05) is 43.0 Å². The number of aromatic nitrogens is 1. The third-order valence-electron chi connectivity index (χ3n) is 7.60. The van der Waals surface area contributed by atoms with Gasteiger partial charge in [-0.05, 0) is 67.3 Å². The van der Waals surface area contributed by atoms with Gasteiger partial charge in [-0.2, -0.15) is 0 Å². The quantitative estimate of drug-likeness (QED) is 0.490. The van der Waals surface area contributed by atoms with E-state index in [1.54, 1.807) is 6.07 Å². The van der Waals surface area contributed by atoms with Gasteiger partial charge in [-0.3, -0.25) is 14.5 Å². The Morgan fingerprint density at radius 1 is 1.03 bits per heavy atom. The smallest absolute Gasteiger partial charge is 0.252 e. The van der Waals surface area contributed by atoms with Crippen molar-refractivity contribution in [3.05, 3.63) is 71.9 Å². The van der Waals surface area contributed by atoms with E-state index < -0.39 is 6.04 Å². The van der Waals surface area contributed by atoms with Crippen molar-refractivity contribution in [2.75, 3.05) is 32.8 Å². The van der Waals surface area contributed by atoms with Crippen LogP contribution in [0.1, 0.15) is 47.6 Å². The molecule has 3 heterocycles. The molecule has 3 N–H and O–H groups in total. The molecule has 2 aliphatic heterocycles. The molecule has 35 heavy (non-hydrogen) atoms. The van der Waals surface area contributed by atoms with Crippen LogP contribution in [0.15, 0.2) is 60.8 Å². The maximum Gasteiger partial charge on any atom is 0.252 e. The maximum atomic E-state index is 13.6. The first kappa shape index (κ1) is 23.6. The van der Waals surface area contributed by atoms with Crippen molar-refractivity contribution in [1.29, 1.82) is 0 Å². The molecule has 0 radical (unpaired) electrons. The number of piperidine rings is 1. The highest BCUT2D eigenvalue weighted by atomic mass is 16.3. The zero-order chi connectivity index (χ0) is 24.2. The van der Waals surface area contributed by atoms with Crippen molar-refractivity contribution in [3.8, 4) is 0 Å². The van der Waals surface area contributed by atoms with Crippen LogP contribution < -0.4 is 5.32 Å². The molecule has 2 fully saturated rings. The molecular formula is C28H34N4O3. The first-order valence-electron chi connectivity index (χ1n) is 12.7. The van der Waals surface area contributed by atoms with E-state index in [4.69, 9.17) is 0 Å². The number of carbonyl (C=O) groups is 2. The molecule has 0 aliphatic carbocycles. The van der Waals surface area contributed by atoms with Gasteiger partial charge in [0.25, 0.3) is 5.91 Å². The predicted octanol–water partition coefficient (Wildman–Crippen LogP) is 3.33. The second-order valence-electron chi connectivity index (χ2n) is 9.84. The minimum absolute atomic E-state index is 0.0571. The fourth-order valence-electron chi connectivity index (χ4n) is 5.53. The predicted molar refractivity (Wildman–Crippen MR) is 136 cm³/mol. The topological polar surface area (TPSA) is 88.7 Å². The van der Waals surface area contributed by atoms with Crippen molar-refractivity contribution in [2.45, 2.75) is 37.8 Å². The molecule has 3 aromatic rings. The van der Waals surface area contributed by atoms with Gasteiger partial charge in [-0.15, -0.1) is 0 Å². The average molecular weight is 475 g/mol. The Bertz CT molecular complexity index is 1150. The number of hydrogen-bond acceptors (Lipinski definition) is 4. The summed E-state index contributed by atoms with van der Waals surface area (Å²) in [6.45, 7) is 3.66. The summed E-state index contributed by atoms with van der Waals surface area (Å²) in [6, 6.07) is 16.5. The lowest BCUT2D eigenvalue weighted by molar-refractivity contribution is -0.135. The van der Waals surface area contributed by atoms with Crippen LogP contribution in [0.25, 0.3) is 10.9 Å². The number of aliphatic hydroxyl groups excluding tert-OH is 1. The van der Waals surface area contributed by atoms with E-state index in [9.17, 15) is 14.7 Å². The van der Waals surface area contributed by atoms with Crippen LogP contribution >= 0.6 is 0 Å². The van der Waals surface area contributed by atoms with E-state index in [1.165, 1.54) is 0 Å². The molecule has 2 aromatic carbocycles. The number of nitrogens with one attached hydrogen (secondary N) is 2. The third kappa shape index (κ3) is 5.26. The van der Waals surface area contributed by atoms with Crippen LogP contribution in [0.2, 0.25) is 0 Å². The fourth-order valence-corrected chi connectivity index (χ4v) is 5.53. The van der Waals surface area contributed by atoms with Crippen molar-refractivity contribution in [1.82, 2.24) is 20.1 Å². The third-order valence-corrected chi connectivity index (χ3v) is 7.60. The van der Waals surface area contributed by atoms with Gasteiger partial charge in [0.2, 0.25) is 5.91 Å². The highest BCUT2D eigenvalue weighted by Gasteiger charge is 2.32. The normalized spacial score (nSPS) is 20.3. The van der Waals surface area contributed by atoms with Crippen molar-refractivity contribution < 1.29 is 14.7 Å². The molecule has 0 unspecified atom stereocenters. The largest absolute Gasteiger partial charge is 0.395 e. The van der Waals surface area contributed by atoms with Gasteiger partial charge in [-0.25, -0.2) is 0 Å². The summed E-state index contributed by atoms with van der Waals surface area (Å²) in [5, 5.41) is 13.7. The molecule has 5 rings (SSSR count). The number of nitrogens with zero attached hydrogens (tertiary/aromatic N) is 2. The molecule has 0 spiro atoms. The lowest BCUT2D eigenvalue weighted by atomic mass is 9.94. The lowest BCUT2D eigenvalue weighted by Gasteiger charge is -2.36. The van der Waals surface area contributed by atoms with E-state index in [0.29, 0.717) is 24.6 Å². The van der Waals surface area contributed by atoms with E-state index >= 15 is 0 Å². The number of aliphatic hydroxyl groups is 1. The summed E-state index contributed by atoms with van der Waals surface area (Å²) in [5.74, 6) is 0.213. The summed E-state index contributed by atoms with van der Waals surface area (Å²) in [6.07, 6.45) is 5.96. The van der Waals surface area contributed by atoms with Crippen LogP contribution in [-0.4, -0.2) is 70.5 Å². The van der Waals surface area contributed by atoms with Crippen LogP contribution in [-0.2, 0) is 4.79 Å². The van der Waals surface area contributed by atoms with Crippen LogP contribution in [0.3, 0.4) is 0 Å². The number of benzene rings is 2. The molecule has 1 aromatic heterocycles. The highest BCUT2D eigenvalue weighted by Crippen LogP contribution is 2.26. The van der Waals surface area contributed by atoms with Crippen molar-refractivity contribution in [3.63, 3.8) is 0 Å². The molecule has 2 amide bonds. The Hall–Kier alpha value is -3.16. The van der Waals surface area contributed by atoms with E-state index in [-0.39, 0.29) is 24.5 Å². The Morgan fingerprint density at radius 2 is 1.83 bits per heavy atom. The Balaban J connectivity index is 1.26. The number of amides is 2. The van der Waals surface area contributed by atoms with Gasteiger partial charge >= 0.3 is 0 Å². The first-order valence-corrected chi connectivity index (χ1v) is 12.7. The van der Waals surface area contributed by atoms with Crippen molar-refractivity contribution >= 4 is 22.7 Å². The number of fused-ring (bicyclic) bond motifs is 1. The van der Waals surface area contributed by atoms with Crippen molar-refractivity contribution in [2.24, 2.45) is 5.92 Å². The van der Waals surface area contributed by atoms with Gasteiger partial charge in [0.05, 0.1) is 6.61 Å². The highest BCUT2D eigenvalue weighted by molar-refractivity contribution is 6.00. The zero-order valence-corrected chi connectivity index (χ0v) is 20.0. The standard InChI is InChI=1S/C28H34N4O3/c33-19-24-7-4-14-32(24)18-20-11-15-31(16-12-20)28(35)26(22-5-2-1-3-6-22)30-27(34)23-9-8-21-10-13-29-25(21)17-23/h1-3,5-6,8-10,13,17,20,24,26,29,33H,4,7,11-12,14-16,18-19H2,(H,30,34)/t24-,26-/m1/s1. The Labute approximate surface area is 206 Å². The molecular weight excluding hydrogens is 440 g/mol. The minimum atomic E-state index is -0.725. The first-order chi connectivity index (χ1) is 17.1. The zero-order valence-electron chi connectivity index (χ0n) is 20.0. The molecule has 0 bridgehead atoms. The molecule has 184 valence electrons. The van der Waals surface area contributed by atoms with Gasteiger partial charge in [0.15, 0.2) is 0 Å². The Morgan fingerprint density at radius 3 is 2.60 bits per heavy atom. The second kappa shape index (κ2) is 10.6. The summed E-state index contributed by atoms with van der Waals surface area (Å²) < 4.78 is 0. The second-order valence-corrected chi connectivity index (χ2v) is 9.84. The molecule has 7 nitrogen and oxygen atoms in total. The number of H-pyrrole nitrogens is 1. The number of carbonyl (C=O) groups excluding carboxylic acids is 2. The number of likely N-dealkylation sites (tertiary alicyclic amines) is 2. The number of rotatable bonds is 7. The van der Waals surface area contributed by atoms with Crippen LogP contribution in [0.5, 0.6) is 0 Å². The maximum absolute atomic E-state index is 13.6.